The number of rotatable bonds is 8. The van der Waals surface area contributed by atoms with Crippen molar-refractivity contribution in [2.45, 2.75) is 51.9 Å². The second kappa shape index (κ2) is 9.30. The Labute approximate surface area is 81.2 Å². The normalized spacial score (nSPS) is 10.8. The molecule has 0 atom stereocenters. The summed E-state index contributed by atoms with van der Waals surface area (Å²) in [6, 6.07) is 0. The fourth-order valence-electron chi connectivity index (χ4n) is 1.15. The molecule has 0 saturated heterocycles. The predicted molar refractivity (Wildman–Crippen MR) is 56.3 cm³/mol. The topological polar surface area (TPSA) is 43.1 Å². The van der Waals surface area contributed by atoms with E-state index in [4.69, 9.17) is 5.73 Å². The van der Waals surface area contributed by atoms with Crippen LogP contribution in [0.25, 0.3) is 0 Å². The number of unbranched alkanes of at least 4 members (excludes halogenated alkanes) is 4. The van der Waals surface area contributed by atoms with Crippen LogP contribution in [-0.2, 0) is 4.79 Å². The van der Waals surface area contributed by atoms with E-state index in [9.17, 15) is 4.79 Å². The lowest BCUT2D eigenvalue weighted by Gasteiger charge is -1.94. The SMILES string of the molecule is CCCCCCC=CCCC(N)=O. The van der Waals surface area contributed by atoms with Crippen LogP contribution in [0, 0.1) is 0 Å². The molecule has 2 heteroatoms. The first-order valence-electron chi connectivity index (χ1n) is 5.20. The zero-order chi connectivity index (χ0) is 9.94. The summed E-state index contributed by atoms with van der Waals surface area (Å²) in [6.07, 6.45) is 11.8. The summed E-state index contributed by atoms with van der Waals surface area (Å²) in [5.41, 5.74) is 5.00. The van der Waals surface area contributed by atoms with Crippen molar-refractivity contribution in [2.24, 2.45) is 5.73 Å². The van der Waals surface area contributed by atoms with Gasteiger partial charge in [-0.3, -0.25) is 4.79 Å². The molecule has 0 heterocycles. The van der Waals surface area contributed by atoms with Crippen LogP contribution in [0.5, 0.6) is 0 Å². The summed E-state index contributed by atoms with van der Waals surface area (Å²) >= 11 is 0. The molecule has 0 radical (unpaired) electrons. The molecule has 1 amide bonds. The molecule has 0 saturated carbocycles. The van der Waals surface area contributed by atoms with Crippen LogP contribution in [0.3, 0.4) is 0 Å². The van der Waals surface area contributed by atoms with Gasteiger partial charge >= 0.3 is 0 Å². The van der Waals surface area contributed by atoms with Gasteiger partial charge in [-0.05, 0) is 19.3 Å². The summed E-state index contributed by atoms with van der Waals surface area (Å²) in [4.78, 5) is 10.4. The van der Waals surface area contributed by atoms with Crippen molar-refractivity contribution < 1.29 is 4.79 Å². The van der Waals surface area contributed by atoms with Gasteiger partial charge in [-0.2, -0.15) is 0 Å². The van der Waals surface area contributed by atoms with Gasteiger partial charge in [0.15, 0.2) is 0 Å². The van der Waals surface area contributed by atoms with E-state index in [0.717, 1.165) is 12.8 Å². The standard InChI is InChI=1S/C11H21NO/c1-2-3-4-5-6-7-8-9-10-11(12)13/h7-8H,2-6,9-10H2,1H3,(H2,12,13). The molecule has 0 aromatic rings. The fraction of sp³-hybridized carbons (Fsp3) is 0.727. The lowest BCUT2D eigenvalue weighted by Crippen LogP contribution is -2.08. The van der Waals surface area contributed by atoms with E-state index in [1.807, 2.05) is 0 Å². The molecule has 0 spiro atoms. The largest absolute Gasteiger partial charge is 0.370 e. The maximum atomic E-state index is 10.4. The fourth-order valence-corrected chi connectivity index (χ4v) is 1.15. The maximum absolute atomic E-state index is 10.4. The van der Waals surface area contributed by atoms with Crippen molar-refractivity contribution in [1.29, 1.82) is 0 Å². The first kappa shape index (κ1) is 12.2. The first-order valence-corrected chi connectivity index (χ1v) is 5.20. The second-order valence-electron chi connectivity index (χ2n) is 3.33. The number of carbonyl (C=O) groups excluding carboxylic acids is 1. The highest BCUT2D eigenvalue weighted by Crippen LogP contribution is 2.03. The van der Waals surface area contributed by atoms with Crippen LogP contribution in [0.4, 0.5) is 0 Å². The van der Waals surface area contributed by atoms with Crippen molar-refractivity contribution in [3.8, 4) is 0 Å². The van der Waals surface area contributed by atoms with Gasteiger partial charge in [0, 0.05) is 6.42 Å². The number of nitrogens with two attached hydrogens (primary N) is 1. The number of primary amides is 1. The molecule has 0 rings (SSSR count). The molecule has 0 aliphatic rings. The lowest BCUT2D eigenvalue weighted by molar-refractivity contribution is -0.117. The van der Waals surface area contributed by atoms with Crippen molar-refractivity contribution >= 4 is 5.91 Å². The van der Waals surface area contributed by atoms with Crippen molar-refractivity contribution in [2.75, 3.05) is 0 Å². The van der Waals surface area contributed by atoms with E-state index < -0.39 is 0 Å². The summed E-state index contributed by atoms with van der Waals surface area (Å²) in [7, 11) is 0. The monoisotopic (exact) mass is 183 g/mol. The van der Waals surface area contributed by atoms with Crippen LogP contribution in [-0.4, -0.2) is 5.91 Å². The van der Waals surface area contributed by atoms with E-state index >= 15 is 0 Å². The molecule has 0 unspecified atom stereocenters. The molecular formula is C11H21NO. The van der Waals surface area contributed by atoms with Crippen molar-refractivity contribution in [3.05, 3.63) is 12.2 Å². The minimum atomic E-state index is -0.212. The zero-order valence-electron chi connectivity index (χ0n) is 8.59. The predicted octanol–water partition coefficient (Wildman–Crippen LogP) is 2.78. The summed E-state index contributed by atoms with van der Waals surface area (Å²) in [5, 5.41) is 0. The number of allylic oxidation sites excluding steroid dienone is 2. The van der Waals surface area contributed by atoms with Crippen molar-refractivity contribution in [3.63, 3.8) is 0 Å². The Morgan fingerprint density at radius 1 is 1.15 bits per heavy atom. The van der Waals surface area contributed by atoms with Gasteiger partial charge in [-0.25, -0.2) is 0 Å². The van der Waals surface area contributed by atoms with E-state index in [0.29, 0.717) is 6.42 Å². The van der Waals surface area contributed by atoms with Gasteiger partial charge < -0.3 is 5.73 Å². The molecule has 0 bridgehead atoms. The highest BCUT2D eigenvalue weighted by molar-refractivity contribution is 5.73. The van der Waals surface area contributed by atoms with Gasteiger partial charge in [-0.15, -0.1) is 0 Å². The third-order valence-corrected chi connectivity index (χ3v) is 1.95. The quantitative estimate of drug-likeness (QED) is 0.456. The summed E-state index contributed by atoms with van der Waals surface area (Å²) in [5.74, 6) is -0.212. The molecule has 0 fully saturated rings. The Morgan fingerprint density at radius 2 is 1.85 bits per heavy atom. The van der Waals surface area contributed by atoms with Crippen LogP contribution < -0.4 is 5.73 Å². The second-order valence-corrected chi connectivity index (χ2v) is 3.33. The molecular weight excluding hydrogens is 162 g/mol. The minimum absolute atomic E-state index is 0.212. The van der Waals surface area contributed by atoms with Gasteiger partial charge in [-0.1, -0.05) is 38.3 Å². The number of hydrogen-bond acceptors (Lipinski definition) is 1. The average molecular weight is 183 g/mol. The third kappa shape index (κ3) is 11.2. The summed E-state index contributed by atoms with van der Waals surface area (Å²) < 4.78 is 0. The number of carbonyl (C=O) groups is 1. The van der Waals surface area contributed by atoms with Gasteiger partial charge in [0.05, 0.1) is 0 Å². The average Bonchev–Trinajstić information content (AvgIpc) is 2.09. The smallest absolute Gasteiger partial charge is 0.217 e. The van der Waals surface area contributed by atoms with E-state index in [1.165, 1.54) is 25.7 Å². The third-order valence-electron chi connectivity index (χ3n) is 1.95. The number of amides is 1. The van der Waals surface area contributed by atoms with E-state index in [2.05, 4.69) is 19.1 Å². The van der Waals surface area contributed by atoms with E-state index in [-0.39, 0.29) is 5.91 Å². The number of hydrogen-bond donors (Lipinski definition) is 1. The van der Waals surface area contributed by atoms with Gasteiger partial charge in [0.2, 0.25) is 5.91 Å². The van der Waals surface area contributed by atoms with Crippen LogP contribution in [0.15, 0.2) is 12.2 Å². The molecule has 0 aromatic heterocycles. The highest BCUT2D eigenvalue weighted by atomic mass is 16.1. The Hall–Kier alpha value is -0.790. The molecule has 0 aliphatic carbocycles. The first-order chi connectivity index (χ1) is 6.27. The molecule has 13 heavy (non-hydrogen) atoms. The molecule has 0 aliphatic heterocycles. The minimum Gasteiger partial charge on any atom is -0.370 e. The molecule has 2 nitrogen and oxygen atoms in total. The highest BCUT2D eigenvalue weighted by Gasteiger charge is 1.89. The lowest BCUT2D eigenvalue weighted by atomic mass is 10.1. The molecule has 76 valence electrons. The zero-order valence-corrected chi connectivity index (χ0v) is 8.59. The Bertz CT molecular complexity index is 152. The Morgan fingerprint density at radius 3 is 2.46 bits per heavy atom. The Kier molecular flexibility index (Phi) is 8.73. The van der Waals surface area contributed by atoms with Gasteiger partial charge in [0.1, 0.15) is 0 Å². The molecule has 0 aromatic carbocycles. The van der Waals surface area contributed by atoms with Crippen LogP contribution >= 0.6 is 0 Å². The molecule has 2 N–H and O–H groups in total. The Balaban J connectivity index is 3.08. The van der Waals surface area contributed by atoms with Gasteiger partial charge in [0.25, 0.3) is 0 Å². The van der Waals surface area contributed by atoms with Crippen molar-refractivity contribution in [1.82, 2.24) is 0 Å². The van der Waals surface area contributed by atoms with E-state index in [1.54, 1.807) is 0 Å². The maximum Gasteiger partial charge on any atom is 0.217 e. The van der Waals surface area contributed by atoms with Crippen LogP contribution in [0.1, 0.15) is 51.9 Å². The summed E-state index contributed by atoms with van der Waals surface area (Å²) in [6.45, 7) is 2.21. The van der Waals surface area contributed by atoms with Crippen LogP contribution in [0.2, 0.25) is 0 Å².